The lowest BCUT2D eigenvalue weighted by Crippen LogP contribution is -2.59. The van der Waals surface area contributed by atoms with E-state index in [0.29, 0.717) is 12.8 Å². The summed E-state index contributed by atoms with van der Waals surface area (Å²) in [7, 11) is 0. The average molecular weight is 783 g/mol. The highest BCUT2D eigenvalue weighted by molar-refractivity contribution is 5.70. The quantitative estimate of drug-likeness (QED) is 0.0271. The number of carbonyl (C=O) groups excluding carboxylic acids is 2. The monoisotopic (exact) mass is 783 g/mol. The van der Waals surface area contributed by atoms with Crippen molar-refractivity contribution in [2.45, 2.75) is 230 Å². The van der Waals surface area contributed by atoms with Gasteiger partial charge < -0.3 is 39.4 Å². The van der Waals surface area contributed by atoms with Crippen molar-refractivity contribution in [3.63, 3.8) is 0 Å². The molecule has 2 unspecified atom stereocenters. The van der Waals surface area contributed by atoms with Gasteiger partial charge in [0.15, 0.2) is 12.4 Å². The second-order valence-corrected chi connectivity index (χ2v) is 15.6. The Morgan fingerprint density at radius 2 is 1.05 bits per heavy atom. The number of esters is 2. The summed E-state index contributed by atoms with van der Waals surface area (Å²) >= 11 is 0. The zero-order chi connectivity index (χ0) is 40.2. The van der Waals surface area contributed by atoms with Crippen LogP contribution < -0.4 is 0 Å². The third-order valence-corrected chi connectivity index (χ3v) is 10.5. The molecule has 0 aromatic heterocycles. The van der Waals surface area contributed by atoms with Crippen LogP contribution in [-0.4, -0.2) is 89.0 Å². The van der Waals surface area contributed by atoms with Crippen molar-refractivity contribution >= 4 is 11.9 Å². The Bertz CT molecular complexity index is 941. The second-order valence-electron chi connectivity index (χ2n) is 15.6. The third kappa shape index (κ3) is 28.3. The van der Waals surface area contributed by atoms with Gasteiger partial charge in [0.2, 0.25) is 0 Å². The van der Waals surface area contributed by atoms with Gasteiger partial charge in [0, 0.05) is 12.8 Å². The summed E-state index contributed by atoms with van der Waals surface area (Å²) in [5.41, 5.74) is 0. The number of hydrogen-bond acceptors (Lipinski definition) is 10. The van der Waals surface area contributed by atoms with Crippen LogP contribution in [0.1, 0.15) is 193 Å². The molecule has 322 valence electrons. The molecule has 55 heavy (non-hydrogen) atoms. The van der Waals surface area contributed by atoms with E-state index in [2.05, 4.69) is 25.7 Å². The molecule has 1 aliphatic heterocycles. The summed E-state index contributed by atoms with van der Waals surface area (Å²) in [6.07, 6.45) is 30.7. The molecule has 0 saturated carbocycles. The van der Waals surface area contributed by atoms with Gasteiger partial charge in [-0.15, -0.1) is 6.58 Å². The second kappa shape index (κ2) is 36.5. The maximum Gasteiger partial charge on any atom is 0.306 e. The maximum absolute atomic E-state index is 12.8. The molecule has 0 aromatic rings. The highest BCUT2D eigenvalue weighted by Crippen LogP contribution is 2.23. The van der Waals surface area contributed by atoms with Crippen molar-refractivity contribution < 1.29 is 49.0 Å². The van der Waals surface area contributed by atoms with Gasteiger partial charge in [0.05, 0.1) is 13.2 Å². The molecule has 10 nitrogen and oxygen atoms in total. The number of allylic oxidation sites excluding steroid dienone is 3. The first kappa shape index (κ1) is 51.2. The minimum absolute atomic E-state index is 0.223. The summed E-state index contributed by atoms with van der Waals surface area (Å²) < 4.78 is 22.1. The molecule has 1 fully saturated rings. The molecule has 0 bridgehead atoms. The van der Waals surface area contributed by atoms with Crippen LogP contribution in [0.25, 0.3) is 0 Å². The lowest BCUT2D eigenvalue weighted by molar-refractivity contribution is -0.305. The highest BCUT2D eigenvalue weighted by atomic mass is 16.7. The Kier molecular flexibility index (Phi) is 34.0. The van der Waals surface area contributed by atoms with Gasteiger partial charge in [-0.3, -0.25) is 9.59 Å². The highest BCUT2D eigenvalue weighted by Gasteiger charge is 2.44. The van der Waals surface area contributed by atoms with Crippen LogP contribution in [-0.2, 0) is 28.5 Å². The molecule has 0 aliphatic carbocycles. The van der Waals surface area contributed by atoms with E-state index in [-0.39, 0.29) is 26.1 Å². The SMILES string of the molecule is C=CCCCCCCCCCCCCCCCC(=O)O[C@@H](COC(=O)CCCCC/C=C/CCCCCCCCCC)CO[C@H]1O[C@@H](CO)[C@@H](O)C(O)C1O. The zero-order valence-corrected chi connectivity index (χ0v) is 34.8. The average Bonchev–Trinajstić information content (AvgIpc) is 3.18. The normalized spacial score (nSPS) is 20.5. The fourth-order valence-corrected chi connectivity index (χ4v) is 6.87. The first-order valence-corrected chi connectivity index (χ1v) is 22.4. The lowest BCUT2D eigenvalue weighted by atomic mass is 9.99. The van der Waals surface area contributed by atoms with Crippen LogP contribution in [0.5, 0.6) is 0 Å². The maximum atomic E-state index is 12.8. The molecular formula is C45H82O10. The Morgan fingerprint density at radius 3 is 1.56 bits per heavy atom. The number of rotatable bonds is 38. The Morgan fingerprint density at radius 1 is 0.600 bits per heavy atom. The number of ether oxygens (including phenoxy) is 4. The van der Waals surface area contributed by atoms with Crippen LogP contribution in [0.4, 0.5) is 0 Å². The fourth-order valence-electron chi connectivity index (χ4n) is 6.87. The molecule has 0 aromatic carbocycles. The molecule has 0 amide bonds. The minimum atomic E-state index is -1.59. The van der Waals surface area contributed by atoms with Gasteiger partial charge in [0.1, 0.15) is 31.0 Å². The fraction of sp³-hybridized carbons (Fsp3) is 0.867. The molecular weight excluding hydrogens is 700 g/mol. The van der Waals surface area contributed by atoms with E-state index >= 15 is 0 Å². The number of carbonyl (C=O) groups is 2. The molecule has 6 atom stereocenters. The number of hydrogen-bond donors (Lipinski definition) is 4. The van der Waals surface area contributed by atoms with Gasteiger partial charge in [0.25, 0.3) is 0 Å². The summed E-state index contributed by atoms with van der Waals surface area (Å²) in [6, 6.07) is 0. The molecule has 1 saturated heterocycles. The van der Waals surface area contributed by atoms with E-state index in [0.717, 1.165) is 51.4 Å². The first-order chi connectivity index (χ1) is 26.8. The predicted molar refractivity (Wildman–Crippen MR) is 219 cm³/mol. The van der Waals surface area contributed by atoms with E-state index in [1.165, 1.54) is 109 Å². The number of unbranched alkanes of at least 4 members (excludes halogenated alkanes) is 24. The van der Waals surface area contributed by atoms with Crippen LogP contribution >= 0.6 is 0 Å². The summed E-state index contributed by atoms with van der Waals surface area (Å²) in [5.74, 6) is -0.822. The van der Waals surface area contributed by atoms with Crippen LogP contribution in [0, 0.1) is 0 Å². The Balaban J connectivity index is 2.33. The third-order valence-electron chi connectivity index (χ3n) is 10.5. The first-order valence-electron chi connectivity index (χ1n) is 22.4. The molecule has 0 radical (unpaired) electrons. The predicted octanol–water partition coefficient (Wildman–Crippen LogP) is 9.33. The van der Waals surface area contributed by atoms with E-state index in [9.17, 15) is 30.0 Å². The lowest BCUT2D eigenvalue weighted by Gasteiger charge is -2.39. The molecule has 4 N–H and O–H groups in total. The smallest absolute Gasteiger partial charge is 0.306 e. The summed E-state index contributed by atoms with van der Waals surface area (Å²) in [6.45, 7) is 4.94. The van der Waals surface area contributed by atoms with Crippen molar-refractivity contribution in [2.75, 3.05) is 19.8 Å². The molecule has 1 heterocycles. The van der Waals surface area contributed by atoms with Crippen LogP contribution in [0.2, 0.25) is 0 Å². The van der Waals surface area contributed by atoms with Gasteiger partial charge in [-0.05, 0) is 51.4 Å². The Hall–Kier alpha value is -1.82. The minimum Gasteiger partial charge on any atom is -0.462 e. The molecule has 10 heteroatoms. The largest absolute Gasteiger partial charge is 0.462 e. The van der Waals surface area contributed by atoms with E-state index in [1.54, 1.807) is 0 Å². The van der Waals surface area contributed by atoms with Crippen LogP contribution in [0.3, 0.4) is 0 Å². The zero-order valence-electron chi connectivity index (χ0n) is 34.8. The van der Waals surface area contributed by atoms with Crippen molar-refractivity contribution in [3.05, 3.63) is 24.8 Å². The van der Waals surface area contributed by atoms with E-state index < -0.39 is 55.4 Å². The van der Waals surface area contributed by atoms with Crippen molar-refractivity contribution in [3.8, 4) is 0 Å². The van der Waals surface area contributed by atoms with Crippen molar-refractivity contribution in [1.82, 2.24) is 0 Å². The van der Waals surface area contributed by atoms with E-state index in [1.807, 2.05) is 6.08 Å². The van der Waals surface area contributed by atoms with Crippen molar-refractivity contribution in [1.29, 1.82) is 0 Å². The van der Waals surface area contributed by atoms with Gasteiger partial charge in [-0.25, -0.2) is 0 Å². The topological polar surface area (TPSA) is 152 Å². The molecule has 1 aliphatic rings. The van der Waals surface area contributed by atoms with Gasteiger partial charge in [-0.1, -0.05) is 147 Å². The molecule has 0 spiro atoms. The number of aliphatic hydroxyl groups is 4. The standard InChI is InChI=1S/C45H82O10/c1-3-5-7-9-11-13-15-17-19-21-23-25-27-29-31-33-40(47)52-36-38(37-53-45-44(51)43(50)42(49)39(35-46)55-45)54-41(48)34-32-30-28-26-24-22-20-18-16-14-12-10-8-6-4-2/h4,21,23,38-39,42-46,49-51H,2-3,5-20,22,24-37H2,1H3/b23-21+/t38-,39-,42+,43?,44?,45-/m0/s1. The van der Waals surface area contributed by atoms with E-state index in [4.69, 9.17) is 18.9 Å². The van der Waals surface area contributed by atoms with Crippen molar-refractivity contribution in [2.24, 2.45) is 0 Å². The summed E-state index contributed by atoms with van der Waals surface area (Å²) in [5, 5.41) is 40.0. The van der Waals surface area contributed by atoms with Crippen LogP contribution in [0.15, 0.2) is 24.8 Å². The summed E-state index contributed by atoms with van der Waals surface area (Å²) in [4.78, 5) is 25.3. The molecule has 1 rings (SSSR count). The van der Waals surface area contributed by atoms with Gasteiger partial charge in [-0.2, -0.15) is 0 Å². The number of aliphatic hydroxyl groups excluding tert-OH is 4. The van der Waals surface area contributed by atoms with Gasteiger partial charge >= 0.3 is 11.9 Å². The Labute approximate surface area is 334 Å².